The van der Waals surface area contributed by atoms with Gasteiger partial charge in [-0.1, -0.05) is 18.2 Å². The molecule has 1 aliphatic rings. The predicted molar refractivity (Wildman–Crippen MR) is 61.1 cm³/mol. The van der Waals surface area contributed by atoms with Crippen molar-refractivity contribution in [3.05, 3.63) is 29.8 Å². The van der Waals surface area contributed by atoms with Gasteiger partial charge in [0, 0.05) is 19.2 Å². The maximum Gasteiger partial charge on any atom is 0.235 e. The van der Waals surface area contributed by atoms with E-state index in [-0.39, 0.29) is 18.2 Å². The minimum Gasteiger partial charge on any atom is -0.359 e. The molecule has 0 saturated heterocycles. The Morgan fingerprint density at radius 2 is 2.12 bits per heavy atom. The molecule has 1 aromatic carbocycles. The van der Waals surface area contributed by atoms with Gasteiger partial charge in [0.25, 0.3) is 0 Å². The highest BCUT2D eigenvalue weighted by molar-refractivity contribution is 6.07. The van der Waals surface area contributed by atoms with Crippen LogP contribution >= 0.6 is 0 Å². The molecule has 0 aromatic heterocycles. The molecule has 1 atom stereocenters. The number of rotatable bonds is 2. The largest absolute Gasteiger partial charge is 0.359 e. The lowest BCUT2D eigenvalue weighted by molar-refractivity contribution is -0.127. The highest BCUT2D eigenvalue weighted by Gasteiger charge is 2.43. The summed E-state index contributed by atoms with van der Waals surface area (Å²) < 4.78 is 0. The SMILES string of the molecule is CNC(=O)C[C@@]1(C)C(=O)Nc2ccccc21. The van der Waals surface area contributed by atoms with Gasteiger partial charge in [0.2, 0.25) is 11.8 Å². The summed E-state index contributed by atoms with van der Waals surface area (Å²) in [6, 6.07) is 7.48. The molecule has 16 heavy (non-hydrogen) atoms. The molecule has 0 unspecified atom stereocenters. The number of fused-ring (bicyclic) bond motifs is 1. The zero-order valence-electron chi connectivity index (χ0n) is 9.33. The lowest BCUT2D eigenvalue weighted by Crippen LogP contribution is -2.36. The normalized spacial score (nSPS) is 22.5. The van der Waals surface area contributed by atoms with E-state index < -0.39 is 5.41 Å². The Labute approximate surface area is 94.0 Å². The molecule has 0 saturated carbocycles. The number of nitrogens with one attached hydrogen (secondary N) is 2. The van der Waals surface area contributed by atoms with Gasteiger partial charge in [0.05, 0.1) is 5.41 Å². The van der Waals surface area contributed by atoms with E-state index in [1.54, 1.807) is 14.0 Å². The van der Waals surface area contributed by atoms with Crippen LogP contribution in [0.2, 0.25) is 0 Å². The maximum absolute atomic E-state index is 11.9. The molecule has 2 rings (SSSR count). The van der Waals surface area contributed by atoms with Crippen molar-refractivity contribution < 1.29 is 9.59 Å². The van der Waals surface area contributed by atoms with Crippen molar-refractivity contribution >= 4 is 17.5 Å². The Kier molecular flexibility index (Phi) is 2.42. The summed E-state index contributed by atoms with van der Waals surface area (Å²) in [5.41, 5.74) is 0.943. The van der Waals surface area contributed by atoms with Gasteiger partial charge in [0.1, 0.15) is 0 Å². The third kappa shape index (κ3) is 1.46. The fourth-order valence-electron chi connectivity index (χ4n) is 2.04. The van der Waals surface area contributed by atoms with Crippen LogP contribution in [0.4, 0.5) is 5.69 Å². The summed E-state index contributed by atoms with van der Waals surface area (Å²) >= 11 is 0. The third-order valence-corrected chi connectivity index (χ3v) is 3.06. The Balaban J connectivity index is 2.40. The van der Waals surface area contributed by atoms with E-state index in [9.17, 15) is 9.59 Å². The van der Waals surface area contributed by atoms with Crippen molar-refractivity contribution in [3.63, 3.8) is 0 Å². The number of carbonyl (C=O) groups is 2. The first-order valence-corrected chi connectivity index (χ1v) is 5.19. The van der Waals surface area contributed by atoms with Gasteiger partial charge < -0.3 is 10.6 Å². The topological polar surface area (TPSA) is 58.2 Å². The zero-order chi connectivity index (χ0) is 11.8. The average Bonchev–Trinajstić information content (AvgIpc) is 2.52. The molecular formula is C12H14N2O2. The highest BCUT2D eigenvalue weighted by atomic mass is 16.2. The van der Waals surface area contributed by atoms with Gasteiger partial charge in [-0.2, -0.15) is 0 Å². The van der Waals surface area contributed by atoms with Gasteiger partial charge in [-0.05, 0) is 18.6 Å². The second-order valence-corrected chi connectivity index (χ2v) is 4.18. The number of carbonyl (C=O) groups excluding carboxylic acids is 2. The number of para-hydroxylation sites is 1. The Morgan fingerprint density at radius 1 is 1.44 bits per heavy atom. The molecule has 1 aliphatic heterocycles. The predicted octanol–water partition coefficient (Wildman–Crippen LogP) is 1.03. The van der Waals surface area contributed by atoms with E-state index in [0.29, 0.717) is 0 Å². The number of anilines is 1. The first-order valence-electron chi connectivity index (χ1n) is 5.19. The standard InChI is InChI=1S/C12H14N2O2/c1-12(7-10(15)13-2)8-5-3-4-6-9(8)14-11(12)16/h3-6H,7H2,1-2H3,(H,13,15)(H,14,16)/t12-/m1/s1. The molecular weight excluding hydrogens is 204 g/mol. The van der Waals surface area contributed by atoms with Gasteiger partial charge in [-0.25, -0.2) is 0 Å². The van der Waals surface area contributed by atoms with Crippen molar-refractivity contribution in [2.75, 3.05) is 12.4 Å². The first kappa shape index (κ1) is 10.7. The van der Waals surface area contributed by atoms with Crippen LogP contribution in [0.15, 0.2) is 24.3 Å². The van der Waals surface area contributed by atoms with E-state index in [2.05, 4.69) is 10.6 Å². The summed E-state index contributed by atoms with van der Waals surface area (Å²) in [4.78, 5) is 23.4. The summed E-state index contributed by atoms with van der Waals surface area (Å²) in [6.45, 7) is 1.80. The van der Waals surface area contributed by atoms with Gasteiger partial charge in [-0.3, -0.25) is 9.59 Å². The second kappa shape index (κ2) is 3.63. The molecule has 0 aliphatic carbocycles. The Morgan fingerprint density at radius 3 is 2.81 bits per heavy atom. The smallest absolute Gasteiger partial charge is 0.235 e. The lowest BCUT2D eigenvalue weighted by Gasteiger charge is -2.20. The van der Waals surface area contributed by atoms with E-state index in [1.165, 1.54) is 0 Å². The van der Waals surface area contributed by atoms with Crippen molar-refractivity contribution in [2.45, 2.75) is 18.8 Å². The minimum atomic E-state index is -0.753. The van der Waals surface area contributed by atoms with Gasteiger partial charge >= 0.3 is 0 Å². The van der Waals surface area contributed by atoms with Crippen LogP contribution in [0.5, 0.6) is 0 Å². The fourth-order valence-corrected chi connectivity index (χ4v) is 2.04. The maximum atomic E-state index is 11.9. The molecule has 4 heteroatoms. The quantitative estimate of drug-likeness (QED) is 0.779. The molecule has 0 fully saturated rings. The van der Waals surface area contributed by atoms with E-state index in [1.807, 2.05) is 24.3 Å². The minimum absolute atomic E-state index is 0.114. The van der Waals surface area contributed by atoms with Crippen LogP contribution in [0.3, 0.4) is 0 Å². The first-order chi connectivity index (χ1) is 7.58. The van der Waals surface area contributed by atoms with Crippen LogP contribution in [0, 0.1) is 0 Å². The van der Waals surface area contributed by atoms with Crippen LogP contribution < -0.4 is 10.6 Å². The number of hydrogen-bond donors (Lipinski definition) is 2. The van der Waals surface area contributed by atoms with Crippen LogP contribution in [-0.2, 0) is 15.0 Å². The lowest BCUT2D eigenvalue weighted by atomic mass is 9.80. The van der Waals surface area contributed by atoms with Crippen molar-refractivity contribution in [3.8, 4) is 0 Å². The Bertz CT molecular complexity index is 456. The molecule has 4 nitrogen and oxygen atoms in total. The third-order valence-electron chi connectivity index (χ3n) is 3.06. The molecule has 1 heterocycles. The monoisotopic (exact) mass is 218 g/mol. The van der Waals surface area contributed by atoms with Gasteiger partial charge in [0.15, 0.2) is 0 Å². The fraction of sp³-hybridized carbons (Fsp3) is 0.333. The number of amides is 2. The summed E-state index contributed by atoms with van der Waals surface area (Å²) in [5, 5.41) is 5.35. The molecule has 1 aromatic rings. The summed E-state index contributed by atoms with van der Waals surface area (Å²) in [7, 11) is 1.57. The van der Waals surface area contributed by atoms with Gasteiger partial charge in [-0.15, -0.1) is 0 Å². The van der Waals surface area contributed by atoms with Crippen LogP contribution in [0.25, 0.3) is 0 Å². The number of benzene rings is 1. The summed E-state index contributed by atoms with van der Waals surface area (Å²) in [5.74, 6) is -0.244. The molecule has 84 valence electrons. The average molecular weight is 218 g/mol. The summed E-state index contributed by atoms with van der Waals surface area (Å²) in [6.07, 6.45) is 0.173. The van der Waals surface area contributed by atoms with Crippen LogP contribution in [-0.4, -0.2) is 18.9 Å². The van der Waals surface area contributed by atoms with Crippen molar-refractivity contribution in [2.24, 2.45) is 0 Å². The van der Waals surface area contributed by atoms with Crippen molar-refractivity contribution in [1.82, 2.24) is 5.32 Å². The molecule has 0 radical (unpaired) electrons. The second-order valence-electron chi connectivity index (χ2n) is 4.18. The molecule has 2 amide bonds. The van der Waals surface area contributed by atoms with E-state index in [0.717, 1.165) is 11.3 Å². The van der Waals surface area contributed by atoms with E-state index in [4.69, 9.17) is 0 Å². The highest BCUT2D eigenvalue weighted by Crippen LogP contribution is 2.39. The Hall–Kier alpha value is -1.84. The zero-order valence-corrected chi connectivity index (χ0v) is 9.33. The van der Waals surface area contributed by atoms with Crippen molar-refractivity contribution in [1.29, 1.82) is 0 Å². The van der Waals surface area contributed by atoms with Crippen LogP contribution in [0.1, 0.15) is 18.9 Å². The molecule has 0 spiro atoms. The number of hydrogen-bond acceptors (Lipinski definition) is 2. The molecule has 2 N–H and O–H groups in total. The molecule has 0 bridgehead atoms. The van der Waals surface area contributed by atoms with E-state index >= 15 is 0 Å².